The van der Waals surface area contributed by atoms with Crippen LogP contribution in [-0.4, -0.2) is 207 Å². The zero-order valence-corrected chi connectivity index (χ0v) is 51.4. The SMILES string of the molecule is CC[C@H]1OC(=O)[C@H](C)[C@@H](O[C@H]2C[C@@](C)(OC)[C@@H](OS(=O)(=O)CCOCCOCCNc3cc4c5c(c3)c(=O)c(C(=O)O)cn5C(C)CC4)[C@H](C)O2)[C@H](C)[C@@H](O[C@@H]2O[C@H](C)C[C@H](N(C)C)[C@H]2O)[C@](C)(OC)C[C@@H](C)C(=O)[C@H](C)[C@@H](O)[C@]1(C)O. The van der Waals surface area contributed by atoms with Crippen LogP contribution in [0, 0.1) is 23.7 Å². The van der Waals surface area contributed by atoms with Gasteiger partial charge in [-0.25, -0.2) is 4.79 Å². The molecule has 0 saturated carbocycles. The van der Waals surface area contributed by atoms with Gasteiger partial charge in [0.2, 0.25) is 5.43 Å². The number of Topliss-reactive ketones (excluding diaryl/α,β-unsaturated/α-hetero) is 1. The summed E-state index contributed by atoms with van der Waals surface area (Å²) in [5.74, 6) is -6.85. The molecule has 1 unspecified atom stereocenters. The molecule has 24 heteroatoms. The number of likely N-dealkylation sites (N-methyl/N-ethyl adjacent to an activating group) is 1. The molecule has 19 atom stereocenters. The van der Waals surface area contributed by atoms with Crippen molar-refractivity contribution in [2.75, 3.05) is 72.4 Å². The van der Waals surface area contributed by atoms with E-state index in [0.29, 0.717) is 24.0 Å². The van der Waals surface area contributed by atoms with E-state index in [0.717, 1.165) is 23.9 Å². The van der Waals surface area contributed by atoms with E-state index < -0.39 is 129 Å². The maximum Gasteiger partial charge on any atom is 0.341 e. The molecule has 3 saturated heterocycles. The highest BCUT2D eigenvalue weighted by Crippen LogP contribution is 2.43. The van der Waals surface area contributed by atoms with Gasteiger partial charge in [0.05, 0.1) is 85.3 Å². The normalized spacial score (nSPS) is 37.2. The Labute approximate surface area is 483 Å². The summed E-state index contributed by atoms with van der Waals surface area (Å²) in [6.45, 7) is 19.2. The van der Waals surface area contributed by atoms with Crippen molar-refractivity contribution < 1.29 is 90.0 Å². The lowest BCUT2D eigenvalue weighted by atomic mass is 9.74. The molecule has 0 aliphatic carbocycles. The minimum Gasteiger partial charge on any atom is -0.477 e. The number of pyridine rings is 1. The lowest BCUT2D eigenvalue weighted by molar-refractivity contribution is -0.317. The van der Waals surface area contributed by atoms with Crippen molar-refractivity contribution in [1.29, 1.82) is 0 Å². The molecule has 6 rings (SSSR count). The zero-order valence-electron chi connectivity index (χ0n) is 50.6. The molecule has 3 fully saturated rings. The molecular weight excluding hydrogens is 1090 g/mol. The van der Waals surface area contributed by atoms with E-state index in [2.05, 4.69) is 5.32 Å². The van der Waals surface area contributed by atoms with Crippen LogP contribution in [0.3, 0.4) is 0 Å². The number of aromatic nitrogens is 1. The Balaban J connectivity index is 1.13. The molecule has 5 heterocycles. The first-order chi connectivity index (χ1) is 38.3. The smallest absolute Gasteiger partial charge is 0.341 e. The molecule has 5 N–H and O–H groups in total. The van der Waals surface area contributed by atoms with E-state index in [1.807, 2.05) is 43.5 Å². The molecular formula is C58H93N3O20S. The highest BCUT2D eigenvalue weighted by atomic mass is 32.2. The topological polar surface area (TPSA) is 296 Å². The van der Waals surface area contributed by atoms with Crippen LogP contribution in [0.1, 0.15) is 130 Å². The number of esters is 1. The van der Waals surface area contributed by atoms with Crippen LogP contribution in [0.4, 0.5) is 5.69 Å². The summed E-state index contributed by atoms with van der Waals surface area (Å²) in [6.07, 6.45) is -7.70. The lowest BCUT2D eigenvalue weighted by Crippen LogP contribution is -2.61. The lowest BCUT2D eigenvalue weighted by Gasteiger charge is -2.50. The number of benzene rings is 1. The molecule has 4 aliphatic rings. The van der Waals surface area contributed by atoms with Gasteiger partial charge in [-0.2, -0.15) is 8.42 Å². The van der Waals surface area contributed by atoms with E-state index in [1.165, 1.54) is 34.3 Å². The van der Waals surface area contributed by atoms with E-state index in [4.69, 9.17) is 46.8 Å². The summed E-state index contributed by atoms with van der Waals surface area (Å²) in [4.78, 5) is 55.7. The molecule has 2 aromatic rings. The predicted molar refractivity (Wildman–Crippen MR) is 302 cm³/mol. The van der Waals surface area contributed by atoms with Crippen molar-refractivity contribution >= 4 is 44.4 Å². The summed E-state index contributed by atoms with van der Waals surface area (Å²) in [5.41, 5.74) is -3.24. The highest BCUT2D eigenvalue weighted by Gasteiger charge is 2.55. The van der Waals surface area contributed by atoms with Crippen LogP contribution in [0.2, 0.25) is 0 Å². The molecule has 23 nitrogen and oxygen atoms in total. The van der Waals surface area contributed by atoms with E-state index >= 15 is 0 Å². The summed E-state index contributed by atoms with van der Waals surface area (Å²) in [7, 11) is 2.30. The van der Waals surface area contributed by atoms with Crippen molar-refractivity contribution in [1.82, 2.24) is 9.47 Å². The van der Waals surface area contributed by atoms with Gasteiger partial charge in [-0.05, 0) is 112 Å². The molecule has 1 aromatic heterocycles. The highest BCUT2D eigenvalue weighted by molar-refractivity contribution is 7.86. The summed E-state index contributed by atoms with van der Waals surface area (Å²) >= 11 is 0. The fourth-order valence-electron chi connectivity index (χ4n) is 12.6. The fraction of sp³-hybridized carbons (Fsp3) is 0.793. The number of anilines is 1. The Kier molecular flexibility index (Phi) is 22.8. The number of aliphatic hydroxyl groups excluding tert-OH is 2. The second kappa shape index (κ2) is 27.8. The van der Waals surface area contributed by atoms with Gasteiger partial charge in [-0.15, -0.1) is 0 Å². The third-order valence-corrected chi connectivity index (χ3v) is 18.8. The van der Waals surface area contributed by atoms with Gasteiger partial charge in [-0.3, -0.25) is 18.6 Å². The molecule has 0 radical (unpaired) electrons. The number of ketones is 1. The number of rotatable bonds is 21. The van der Waals surface area contributed by atoms with E-state index in [9.17, 15) is 48.0 Å². The fourth-order valence-corrected chi connectivity index (χ4v) is 13.7. The van der Waals surface area contributed by atoms with Gasteiger partial charge in [0, 0.05) is 74.3 Å². The Morgan fingerprint density at radius 3 is 2.15 bits per heavy atom. The molecule has 1 aromatic carbocycles. The first-order valence-electron chi connectivity index (χ1n) is 28.8. The van der Waals surface area contributed by atoms with Crippen molar-refractivity contribution in [3.63, 3.8) is 0 Å². The van der Waals surface area contributed by atoms with Crippen molar-refractivity contribution in [3.8, 4) is 0 Å². The third kappa shape index (κ3) is 15.1. The zero-order chi connectivity index (χ0) is 61.0. The molecule has 466 valence electrons. The first kappa shape index (κ1) is 67.4. The number of aryl methyl sites for hydroxylation is 1. The largest absolute Gasteiger partial charge is 0.477 e. The number of ether oxygens (including phenoxy) is 9. The molecule has 82 heavy (non-hydrogen) atoms. The number of aromatic carboxylic acids is 1. The average Bonchev–Trinajstić information content (AvgIpc) is 3.46. The number of carbonyl (C=O) groups is 3. The number of carboxylic acids is 1. The molecule has 0 spiro atoms. The predicted octanol–water partition coefficient (Wildman–Crippen LogP) is 4.46. The first-order valence-corrected chi connectivity index (χ1v) is 30.4. The van der Waals surface area contributed by atoms with Crippen molar-refractivity contribution in [2.24, 2.45) is 23.7 Å². The minimum atomic E-state index is -4.27. The number of carbonyl (C=O) groups excluding carboxylic acids is 2. The van der Waals surface area contributed by atoms with E-state index in [1.54, 1.807) is 54.5 Å². The van der Waals surface area contributed by atoms with Gasteiger partial charge in [0.25, 0.3) is 10.1 Å². The van der Waals surface area contributed by atoms with Gasteiger partial charge in [-0.1, -0.05) is 27.7 Å². The second-order valence-corrected chi connectivity index (χ2v) is 25.8. The molecule has 4 aliphatic heterocycles. The maximum atomic E-state index is 14.6. The Hall–Kier alpha value is -3.73. The van der Waals surface area contributed by atoms with Gasteiger partial charge >= 0.3 is 11.9 Å². The standard InChI is InChI=1S/C58H93N3O20S/c1-16-43-58(11,69)50(65)34(5)46(62)31(2)28-56(9,72-14)51(80-55-48(64)42(60(12)13)25-33(4)76-55)35(6)49(36(7)54(68)78-43)79-44-29-57(10,73-15)52(37(8)77-44)81-82(70,71)24-23-75-22-21-74-20-19-59-39-26-38-18-17-32(3)61-30-41(53(66)67)47(63)40(27-39)45(38)61/h26-27,30-37,42-44,48-52,55,59,64-65,69H,16-25,28-29H2,1-15H3,(H,66,67)/t31-,32?,33-,34+,35+,36-,37+,42+,43-,44+,48-,49+,50-,51-,52+,55+,56-,57-,58-/m1/s1. The Morgan fingerprint density at radius 2 is 1.52 bits per heavy atom. The third-order valence-electron chi connectivity index (χ3n) is 17.6. The van der Waals surface area contributed by atoms with Crippen molar-refractivity contribution in [3.05, 3.63) is 39.7 Å². The van der Waals surface area contributed by atoms with Crippen LogP contribution >= 0.6 is 0 Å². The number of aliphatic hydroxyl groups is 3. The maximum absolute atomic E-state index is 14.6. The van der Waals surface area contributed by atoms with Crippen molar-refractivity contribution in [2.45, 2.75) is 205 Å². The van der Waals surface area contributed by atoms with E-state index in [-0.39, 0.29) is 75.2 Å². The van der Waals surface area contributed by atoms with Gasteiger partial charge in [0.1, 0.15) is 35.3 Å². The van der Waals surface area contributed by atoms with Crippen LogP contribution in [0.25, 0.3) is 10.9 Å². The molecule has 0 amide bonds. The van der Waals surface area contributed by atoms with Gasteiger partial charge in [0.15, 0.2) is 12.6 Å². The number of cyclic esters (lactones) is 1. The number of hydrogen-bond donors (Lipinski definition) is 5. The second-order valence-electron chi connectivity index (χ2n) is 24.1. The van der Waals surface area contributed by atoms with Crippen LogP contribution in [0.5, 0.6) is 0 Å². The number of nitrogens with one attached hydrogen (secondary N) is 1. The summed E-state index contributed by atoms with van der Waals surface area (Å²) < 4.78 is 91.2. The quantitative estimate of drug-likeness (QED) is 0.0655. The van der Waals surface area contributed by atoms with Crippen LogP contribution < -0.4 is 10.7 Å². The Bertz CT molecular complexity index is 2690. The summed E-state index contributed by atoms with van der Waals surface area (Å²) in [6, 6.07) is 3.31. The van der Waals surface area contributed by atoms with Crippen LogP contribution in [0.15, 0.2) is 23.1 Å². The number of hydrogen-bond acceptors (Lipinski definition) is 21. The van der Waals surface area contributed by atoms with Crippen LogP contribution in [-0.2, 0) is 72.9 Å². The molecule has 0 bridgehead atoms. The van der Waals surface area contributed by atoms with Gasteiger partial charge < -0.3 is 77.8 Å². The number of nitrogens with zero attached hydrogens (tertiary/aromatic N) is 2. The Morgan fingerprint density at radius 1 is 0.878 bits per heavy atom. The monoisotopic (exact) mass is 1180 g/mol. The number of carboxylic acid groups (broad SMARTS) is 1. The number of methoxy groups -OCH3 is 2. The minimum absolute atomic E-state index is 0.0265. The summed E-state index contributed by atoms with van der Waals surface area (Å²) in [5, 5.41) is 48.6. The average molecular weight is 1180 g/mol.